The Morgan fingerprint density at radius 2 is 2.00 bits per heavy atom. The molecule has 0 atom stereocenters. The highest BCUT2D eigenvalue weighted by molar-refractivity contribution is 8.00. The molecule has 0 saturated carbocycles. The molecule has 0 aliphatic heterocycles. The van der Waals surface area contributed by atoms with Crippen molar-refractivity contribution >= 4 is 17.5 Å². The van der Waals surface area contributed by atoms with Gasteiger partial charge in [-0.05, 0) is 36.4 Å². The van der Waals surface area contributed by atoms with Crippen molar-refractivity contribution in [3.05, 3.63) is 48.3 Å². The van der Waals surface area contributed by atoms with Crippen molar-refractivity contribution in [1.82, 2.24) is 4.57 Å². The first-order valence-electron chi connectivity index (χ1n) is 5.62. The predicted molar refractivity (Wildman–Crippen MR) is 73.5 cm³/mol. The van der Waals surface area contributed by atoms with Crippen LogP contribution in [-0.2, 0) is 7.05 Å². The molecule has 0 N–H and O–H groups in total. The van der Waals surface area contributed by atoms with Crippen molar-refractivity contribution in [3.63, 3.8) is 0 Å². The van der Waals surface area contributed by atoms with E-state index >= 15 is 0 Å². The number of Topliss-reactive ketones (excluding diaryl/α,β-unsaturated/α-hetero) is 1. The quantitative estimate of drug-likeness (QED) is 0.612. The van der Waals surface area contributed by atoms with Crippen LogP contribution in [0.1, 0.15) is 10.5 Å². The highest BCUT2D eigenvalue weighted by Crippen LogP contribution is 2.22. The number of carbonyl (C=O) groups is 1. The number of aryl methyl sites for hydroxylation is 1. The van der Waals surface area contributed by atoms with Gasteiger partial charge in [-0.1, -0.05) is 0 Å². The van der Waals surface area contributed by atoms with Gasteiger partial charge in [0, 0.05) is 18.1 Å². The topological polar surface area (TPSA) is 31.2 Å². The first-order valence-corrected chi connectivity index (χ1v) is 6.60. The number of hydrogen-bond acceptors (Lipinski definition) is 3. The average molecular weight is 261 g/mol. The van der Waals surface area contributed by atoms with Crippen LogP contribution in [0, 0.1) is 0 Å². The molecule has 0 fully saturated rings. The minimum Gasteiger partial charge on any atom is -0.497 e. The monoisotopic (exact) mass is 261 g/mol. The third-order valence-corrected chi connectivity index (χ3v) is 3.67. The molecule has 2 rings (SSSR count). The van der Waals surface area contributed by atoms with Gasteiger partial charge in [-0.25, -0.2) is 0 Å². The Labute approximate surface area is 111 Å². The summed E-state index contributed by atoms with van der Waals surface area (Å²) in [7, 11) is 3.52. The lowest BCUT2D eigenvalue weighted by Gasteiger charge is -2.04. The number of ether oxygens (including phenoxy) is 1. The summed E-state index contributed by atoms with van der Waals surface area (Å²) < 4.78 is 6.93. The highest BCUT2D eigenvalue weighted by atomic mass is 32.2. The number of benzene rings is 1. The van der Waals surface area contributed by atoms with E-state index in [0.717, 1.165) is 16.3 Å². The summed E-state index contributed by atoms with van der Waals surface area (Å²) in [6, 6.07) is 11.4. The van der Waals surface area contributed by atoms with E-state index in [2.05, 4.69) is 0 Å². The molecule has 3 nitrogen and oxygen atoms in total. The minimum atomic E-state index is 0.142. The maximum absolute atomic E-state index is 12.0. The van der Waals surface area contributed by atoms with Crippen molar-refractivity contribution in [3.8, 4) is 5.75 Å². The lowest BCUT2D eigenvalue weighted by molar-refractivity contribution is 0.101. The molecule has 0 aliphatic carbocycles. The van der Waals surface area contributed by atoms with E-state index in [1.165, 1.54) is 11.8 Å². The zero-order valence-electron chi connectivity index (χ0n) is 10.4. The fourth-order valence-corrected chi connectivity index (χ4v) is 2.42. The molecule has 1 heterocycles. The molecular weight excluding hydrogens is 246 g/mol. The predicted octanol–water partition coefficient (Wildman–Crippen LogP) is 3.01. The van der Waals surface area contributed by atoms with Crippen molar-refractivity contribution in [2.45, 2.75) is 4.90 Å². The third-order valence-electron chi connectivity index (χ3n) is 2.66. The largest absolute Gasteiger partial charge is 0.497 e. The van der Waals surface area contributed by atoms with Crippen LogP contribution in [0.2, 0.25) is 0 Å². The van der Waals surface area contributed by atoms with Crippen molar-refractivity contribution < 1.29 is 9.53 Å². The van der Waals surface area contributed by atoms with E-state index in [4.69, 9.17) is 4.74 Å². The van der Waals surface area contributed by atoms with Crippen LogP contribution in [0.15, 0.2) is 47.5 Å². The van der Waals surface area contributed by atoms with Crippen LogP contribution >= 0.6 is 11.8 Å². The zero-order valence-corrected chi connectivity index (χ0v) is 11.2. The Hall–Kier alpha value is -1.68. The fourth-order valence-electron chi connectivity index (χ4n) is 1.65. The first kappa shape index (κ1) is 12.8. The van der Waals surface area contributed by atoms with Crippen LogP contribution in [0.5, 0.6) is 5.75 Å². The molecule has 0 unspecified atom stereocenters. The van der Waals surface area contributed by atoms with E-state index in [1.54, 1.807) is 7.11 Å². The van der Waals surface area contributed by atoms with Crippen LogP contribution < -0.4 is 4.74 Å². The molecule has 0 bridgehead atoms. The van der Waals surface area contributed by atoms with Gasteiger partial charge < -0.3 is 9.30 Å². The van der Waals surface area contributed by atoms with Gasteiger partial charge in [-0.2, -0.15) is 0 Å². The number of ketones is 1. The number of thioether (sulfide) groups is 1. The Bertz CT molecular complexity index is 531. The van der Waals surface area contributed by atoms with E-state index in [0.29, 0.717) is 5.75 Å². The Morgan fingerprint density at radius 3 is 2.56 bits per heavy atom. The number of hydrogen-bond donors (Lipinski definition) is 0. The van der Waals surface area contributed by atoms with Gasteiger partial charge in [0.05, 0.1) is 18.6 Å². The molecule has 0 aliphatic rings. The van der Waals surface area contributed by atoms with Crippen LogP contribution in [-0.4, -0.2) is 23.2 Å². The van der Waals surface area contributed by atoms with Crippen molar-refractivity contribution in [1.29, 1.82) is 0 Å². The Kier molecular flexibility index (Phi) is 4.10. The van der Waals surface area contributed by atoms with E-state index < -0.39 is 0 Å². The lowest BCUT2D eigenvalue weighted by atomic mass is 10.3. The molecule has 1 aromatic heterocycles. The van der Waals surface area contributed by atoms with Gasteiger partial charge in [0.25, 0.3) is 0 Å². The summed E-state index contributed by atoms with van der Waals surface area (Å²) in [6.45, 7) is 0. The van der Waals surface area contributed by atoms with Gasteiger partial charge in [0.2, 0.25) is 0 Å². The molecule has 2 aromatic rings. The number of methoxy groups -OCH3 is 1. The van der Waals surface area contributed by atoms with Crippen molar-refractivity contribution in [2.75, 3.05) is 12.9 Å². The third kappa shape index (κ3) is 2.96. The fraction of sp³-hybridized carbons (Fsp3) is 0.214. The molecule has 1 aromatic carbocycles. The second-order valence-electron chi connectivity index (χ2n) is 3.89. The summed E-state index contributed by atoms with van der Waals surface area (Å²) >= 11 is 1.54. The lowest BCUT2D eigenvalue weighted by Crippen LogP contribution is -2.07. The van der Waals surface area contributed by atoms with Crippen molar-refractivity contribution in [2.24, 2.45) is 7.05 Å². The summed E-state index contributed by atoms with van der Waals surface area (Å²) in [5.41, 5.74) is 0.746. The molecule has 0 radical (unpaired) electrons. The smallest absolute Gasteiger partial charge is 0.189 e. The maximum Gasteiger partial charge on any atom is 0.189 e. The Morgan fingerprint density at radius 1 is 1.28 bits per heavy atom. The summed E-state index contributed by atoms with van der Waals surface area (Å²) in [5.74, 6) is 1.42. The van der Waals surface area contributed by atoms with E-state index in [-0.39, 0.29) is 5.78 Å². The van der Waals surface area contributed by atoms with E-state index in [1.807, 2.05) is 54.2 Å². The normalized spacial score (nSPS) is 10.3. The number of rotatable bonds is 5. The first-order chi connectivity index (χ1) is 8.70. The van der Waals surface area contributed by atoms with Gasteiger partial charge in [-0.3, -0.25) is 4.79 Å². The molecule has 94 valence electrons. The standard InChI is InChI=1S/C14H15NO2S/c1-15-9-3-4-13(15)14(16)10-18-12-7-5-11(17-2)6-8-12/h3-9H,10H2,1-2H3. The molecule has 0 amide bonds. The number of nitrogens with zero attached hydrogens (tertiary/aromatic N) is 1. The Balaban J connectivity index is 1.95. The maximum atomic E-state index is 12.0. The van der Waals surface area contributed by atoms with Crippen LogP contribution in [0.3, 0.4) is 0 Å². The molecular formula is C14H15NO2S. The summed E-state index contributed by atoms with van der Waals surface area (Å²) in [4.78, 5) is 13.0. The van der Waals surface area contributed by atoms with Gasteiger partial charge >= 0.3 is 0 Å². The van der Waals surface area contributed by atoms with Crippen LogP contribution in [0.25, 0.3) is 0 Å². The minimum absolute atomic E-state index is 0.142. The molecule has 0 spiro atoms. The second kappa shape index (κ2) is 5.78. The van der Waals surface area contributed by atoms with Gasteiger partial charge in [0.15, 0.2) is 5.78 Å². The molecule has 18 heavy (non-hydrogen) atoms. The SMILES string of the molecule is COc1ccc(SCC(=O)c2cccn2C)cc1. The summed E-state index contributed by atoms with van der Waals surface area (Å²) in [6.07, 6.45) is 1.88. The number of aromatic nitrogens is 1. The summed E-state index contributed by atoms with van der Waals surface area (Å²) in [5, 5.41) is 0. The van der Waals surface area contributed by atoms with Gasteiger partial charge in [-0.15, -0.1) is 11.8 Å². The zero-order chi connectivity index (χ0) is 13.0. The highest BCUT2D eigenvalue weighted by Gasteiger charge is 2.09. The van der Waals surface area contributed by atoms with E-state index in [9.17, 15) is 4.79 Å². The number of carbonyl (C=O) groups excluding carboxylic acids is 1. The molecule has 0 saturated heterocycles. The van der Waals surface area contributed by atoms with Gasteiger partial charge in [0.1, 0.15) is 5.75 Å². The van der Waals surface area contributed by atoms with Crippen LogP contribution in [0.4, 0.5) is 0 Å². The average Bonchev–Trinajstić information content (AvgIpc) is 2.83. The second-order valence-corrected chi connectivity index (χ2v) is 4.94. The molecule has 4 heteroatoms.